The average molecular weight is 581 g/mol. The van der Waals surface area contributed by atoms with Gasteiger partial charge >= 0.3 is 0 Å². The van der Waals surface area contributed by atoms with Crippen LogP contribution in [0.2, 0.25) is 10.0 Å². The molecule has 0 amide bonds. The van der Waals surface area contributed by atoms with E-state index in [1.165, 1.54) is 6.07 Å². The Labute approximate surface area is 222 Å². The molecular weight excluding hydrogens is 561 g/mol. The second kappa shape index (κ2) is 8.52. The minimum atomic E-state index is -4.92. The summed E-state index contributed by atoms with van der Waals surface area (Å²) >= 11 is 12.9. The Morgan fingerprint density at radius 2 is 1.54 bits per heavy atom. The lowest BCUT2D eigenvalue weighted by molar-refractivity contribution is 0.437. The molecule has 0 saturated heterocycles. The van der Waals surface area contributed by atoms with E-state index in [0.717, 1.165) is 67.4 Å². The molecule has 0 saturated carbocycles. The van der Waals surface area contributed by atoms with Crippen LogP contribution in [0.5, 0.6) is 11.5 Å². The van der Waals surface area contributed by atoms with Crippen LogP contribution in [0.15, 0.2) is 46.2 Å². The van der Waals surface area contributed by atoms with Gasteiger partial charge in [0.05, 0.1) is 15.5 Å². The van der Waals surface area contributed by atoms with Gasteiger partial charge in [-0.05, 0) is 43.2 Å². The third-order valence-electron chi connectivity index (χ3n) is 7.06. The molecule has 2 N–H and O–H groups in total. The Kier molecular flexibility index (Phi) is 5.72. The van der Waals surface area contributed by atoms with Crippen LogP contribution in [0.1, 0.15) is 35.1 Å². The zero-order chi connectivity index (χ0) is 26.3. The number of rotatable bonds is 3. The van der Waals surface area contributed by atoms with E-state index in [1.807, 2.05) is 6.07 Å². The number of ether oxygens (including phenoxy) is 1. The van der Waals surface area contributed by atoms with E-state index < -0.39 is 30.0 Å². The number of fused-ring (bicyclic) bond motifs is 3. The van der Waals surface area contributed by atoms with Crippen molar-refractivity contribution >= 4 is 49.0 Å². The Morgan fingerprint density at radius 1 is 0.838 bits per heavy atom. The molecule has 0 fully saturated rings. The maximum absolute atomic E-state index is 12.5. The van der Waals surface area contributed by atoms with Gasteiger partial charge in [0, 0.05) is 40.3 Å². The highest BCUT2D eigenvalue weighted by atomic mass is 35.5. The highest BCUT2D eigenvalue weighted by Crippen LogP contribution is 2.45. The van der Waals surface area contributed by atoms with E-state index >= 15 is 0 Å². The smallest absolute Gasteiger partial charge is 0.295 e. The van der Waals surface area contributed by atoms with Gasteiger partial charge < -0.3 is 4.74 Å². The van der Waals surface area contributed by atoms with Crippen LogP contribution in [0.25, 0.3) is 5.57 Å². The number of halogens is 2. The quantitative estimate of drug-likeness (QED) is 0.282. The fourth-order valence-electron chi connectivity index (χ4n) is 5.58. The molecule has 0 spiro atoms. The maximum atomic E-state index is 12.5. The van der Waals surface area contributed by atoms with E-state index in [0.29, 0.717) is 22.1 Å². The number of hydrogen-bond acceptors (Lipinski definition) is 5. The lowest BCUT2D eigenvalue weighted by Gasteiger charge is -2.27. The molecule has 8 nitrogen and oxygen atoms in total. The predicted octanol–water partition coefficient (Wildman–Crippen LogP) is 3.22. The molecule has 0 unspecified atom stereocenters. The molecule has 3 heterocycles. The van der Waals surface area contributed by atoms with Gasteiger partial charge in [-0.3, -0.25) is 9.11 Å². The van der Waals surface area contributed by atoms with Gasteiger partial charge in [-0.1, -0.05) is 29.3 Å². The summed E-state index contributed by atoms with van der Waals surface area (Å²) in [4.78, 5) is -1.34. The van der Waals surface area contributed by atoms with Crippen molar-refractivity contribution in [3.63, 3.8) is 0 Å². The lowest BCUT2D eigenvalue weighted by Crippen LogP contribution is -2.45. The van der Waals surface area contributed by atoms with E-state index in [9.17, 15) is 25.9 Å². The molecule has 6 rings (SSSR count). The molecule has 192 valence electrons. The van der Waals surface area contributed by atoms with Crippen molar-refractivity contribution < 1.29 is 30.7 Å². The summed E-state index contributed by atoms with van der Waals surface area (Å²) in [5.41, 5.74) is 2.95. The summed E-state index contributed by atoms with van der Waals surface area (Å²) in [5.74, 6) is 0.762. The molecule has 37 heavy (non-hydrogen) atoms. The van der Waals surface area contributed by atoms with Gasteiger partial charge in [0.25, 0.3) is 20.2 Å². The van der Waals surface area contributed by atoms with Crippen molar-refractivity contribution in [2.75, 3.05) is 13.1 Å². The molecule has 0 atom stereocenters. The van der Waals surface area contributed by atoms with Crippen LogP contribution >= 0.6 is 23.2 Å². The van der Waals surface area contributed by atoms with Gasteiger partial charge in [-0.25, -0.2) is 4.58 Å². The Morgan fingerprint density at radius 3 is 2.24 bits per heavy atom. The van der Waals surface area contributed by atoms with Gasteiger partial charge in [-0.15, -0.1) is 0 Å². The Balaban J connectivity index is 1.82. The van der Waals surface area contributed by atoms with Gasteiger partial charge in [-0.2, -0.15) is 16.8 Å². The summed E-state index contributed by atoms with van der Waals surface area (Å²) in [7, 11) is -9.67. The number of hydrogen-bond donors (Lipinski definition) is 2. The topological polar surface area (TPSA) is 121 Å². The zero-order valence-corrected chi connectivity index (χ0v) is 22.3. The number of nitrogens with zero attached hydrogens (tertiary/aromatic N) is 1. The van der Waals surface area contributed by atoms with Crippen molar-refractivity contribution in [2.24, 2.45) is 0 Å². The summed E-state index contributed by atoms with van der Waals surface area (Å²) in [6, 6.07) is 8.24. The SMILES string of the molecule is O=S(=O)(O)c1ccc(C2=c3cc4c5c(c3Oc3c2ccc(Cl)c3Cl)CCC[N+]=5CCC4)c(S(=O)(=O)O)c1. The van der Waals surface area contributed by atoms with Crippen molar-refractivity contribution in [1.29, 1.82) is 0 Å². The van der Waals surface area contributed by atoms with Crippen molar-refractivity contribution in [1.82, 2.24) is 4.58 Å². The summed E-state index contributed by atoms with van der Waals surface area (Å²) in [6.45, 7) is 1.87. The molecule has 3 aliphatic rings. The van der Waals surface area contributed by atoms with Crippen LogP contribution in [0, 0.1) is 0 Å². The van der Waals surface area contributed by atoms with Crippen LogP contribution in [-0.2, 0) is 33.1 Å². The van der Waals surface area contributed by atoms with Gasteiger partial charge in [0.1, 0.15) is 28.8 Å². The first kappa shape index (κ1) is 24.8. The van der Waals surface area contributed by atoms with E-state index in [4.69, 9.17) is 27.9 Å². The van der Waals surface area contributed by atoms with E-state index in [-0.39, 0.29) is 21.4 Å². The van der Waals surface area contributed by atoms with Crippen LogP contribution in [-0.4, -0.2) is 39.0 Å². The predicted molar refractivity (Wildman–Crippen MR) is 138 cm³/mol. The molecule has 0 radical (unpaired) electrons. The summed E-state index contributed by atoms with van der Waals surface area (Å²) in [6.07, 6.45) is 3.46. The normalized spacial score (nSPS) is 16.5. The summed E-state index contributed by atoms with van der Waals surface area (Å²) < 4.78 is 77.0. The minimum absolute atomic E-state index is 0.0368. The maximum Gasteiger partial charge on any atom is 0.295 e. The number of aryl methyl sites for hydroxylation is 1. The zero-order valence-electron chi connectivity index (χ0n) is 19.2. The molecule has 0 aromatic heterocycles. The Bertz CT molecular complexity index is 1880. The van der Waals surface area contributed by atoms with E-state index in [2.05, 4.69) is 4.58 Å². The van der Waals surface area contributed by atoms with Crippen molar-refractivity contribution in [2.45, 2.75) is 35.5 Å². The van der Waals surface area contributed by atoms with Crippen LogP contribution < -0.4 is 19.9 Å². The molecule has 0 bridgehead atoms. The molecule has 12 heteroatoms. The third-order valence-corrected chi connectivity index (χ3v) is 9.59. The first-order chi connectivity index (χ1) is 17.4. The standard InChI is InChI=1S/C25H19Cl2NO7S2/c26-19-8-7-16-21(15-6-5-14(36(29,30)31)12-20(15)37(32,33)34)18-11-13-3-1-9-28-10-2-4-17(23(13)28)24(18)35-25(16)22(19)27/h5-8,11-12H,1-4,9-10H2,(H-,29,30,31,32,33,34)/p+1. The fourth-order valence-corrected chi connectivity index (χ4v) is 7.24. The first-order valence-electron chi connectivity index (χ1n) is 11.5. The molecule has 0 aliphatic carbocycles. The van der Waals surface area contributed by atoms with Crippen LogP contribution in [0.3, 0.4) is 0 Å². The lowest BCUT2D eigenvalue weighted by atomic mass is 9.87. The summed E-state index contributed by atoms with van der Waals surface area (Å²) in [5, 5.41) is 2.11. The largest absolute Gasteiger partial charge is 0.454 e. The van der Waals surface area contributed by atoms with Crippen molar-refractivity contribution in [3.05, 3.63) is 79.3 Å². The fraction of sp³-hybridized carbons (Fsp3) is 0.240. The second-order valence-corrected chi connectivity index (χ2v) is 12.9. The van der Waals surface area contributed by atoms with E-state index in [1.54, 1.807) is 12.1 Å². The monoisotopic (exact) mass is 580 g/mol. The van der Waals surface area contributed by atoms with Crippen LogP contribution in [0.4, 0.5) is 0 Å². The molecule has 3 aromatic rings. The first-order valence-corrected chi connectivity index (χ1v) is 15.2. The van der Waals surface area contributed by atoms with Gasteiger partial charge in [0.2, 0.25) is 5.36 Å². The molecular formula is C25H20Cl2NO7S2+. The Hall–Kier alpha value is -2.47. The highest BCUT2D eigenvalue weighted by Gasteiger charge is 2.34. The van der Waals surface area contributed by atoms with Gasteiger partial charge in [0.15, 0.2) is 5.75 Å². The highest BCUT2D eigenvalue weighted by molar-refractivity contribution is 7.86. The average Bonchev–Trinajstić information content (AvgIpc) is 2.84. The molecule has 3 aromatic carbocycles. The second-order valence-electron chi connectivity index (χ2n) is 9.26. The number of benzene rings is 3. The van der Waals surface area contributed by atoms with Crippen molar-refractivity contribution in [3.8, 4) is 11.5 Å². The molecule has 3 aliphatic heterocycles. The third kappa shape index (κ3) is 3.98. The minimum Gasteiger partial charge on any atom is -0.454 e.